The summed E-state index contributed by atoms with van der Waals surface area (Å²) < 4.78 is 0. The van der Waals surface area contributed by atoms with Gasteiger partial charge in [-0.05, 0) is 59.2 Å². The molecule has 0 saturated carbocycles. The molecule has 12 heteroatoms. The number of nitrogens with one attached hydrogen (secondary N) is 3. The van der Waals surface area contributed by atoms with Crippen molar-refractivity contribution in [3.63, 3.8) is 0 Å². The summed E-state index contributed by atoms with van der Waals surface area (Å²) in [6, 6.07) is 17.2. The first-order valence-electron chi connectivity index (χ1n) is 12.6. The third-order valence-electron chi connectivity index (χ3n) is 6.55. The maximum Gasteiger partial charge on any atom is 0.258 e. The fourth-order valence-electron chi connectivity index (χ4n) is 4.42. The molecule has 0 unspecified atom stereocenters. The Morgan fingerprint density at radius 3 is 2.74 bits per heavy atom. The van der Waals surface area contributed by atoms with Gasteiger partial charge in [0.25, 0.3) is 6.29 Å². The number of aromatic nitrogens is 2. The van der Waals surface area contributed by atoms with Gasteiger partial charge in [-0.25, -0.2) is 9.97 Å². The van der Waals surface area contributed by atoms with Crippen LogP contribution in [0.2, 0.25) is 0 Å². The third-order valence-corrected chi connectivity index (χ3v) is 6.55. The predicted octanol–water partition coefficient (Wildman–Crippen LogP) is 2.90. The number of nitrogens with zero attached hydrogens (tertiary/aromatic N) is 7. The van der Waals surface area contributed by atoms with E-state index in [1.54, 1.807) is 18.3 Å². The van der Waals surface area contributed by atoms with Crippen LogP contribution >= 0.6 is 0 Å². The molecule has 0 radical (unpaired) electrons. The van der Waals surface area contributed by atoms with Gasteiger partial charge in [-0.15, -0.1) is 10.2 Å². The average molecular weight is 515 g/mol. The number of aromatic hydroxyl groups is 1. The van der Waals surface area contributed by atoms with Crippen molar-refractivity contribution < 1.29 is 9.90 Å². The van der Waals surface area contributed by atoms with Crippen molar-refractivity contribution in [1.82, 2.24) is 25.5 Å². The molecule has 38 heavy (non-hydrogen) atoms. The van der Waals surface area contributed by atoms with Crippen LogP contribution in [-0.4, -0.2) is 63.9 Å². The van der Waals surface area contributed by atoms with Crippen LogP contribution in [0.25, 0.3) is 11.3 Å². The maximum atomic E-state index is 12.7. The Morgan fingerprint density at radius 2 is 1.92 bits per heavy atom. The van der Waals surface area contributed by atoms with E-state index in [1.807, 2.05) is 30.3 Å². The van der Waals surface area contributed by atoms with E-state index in [1.165, 1.54) is 0 Å². The molecule has 4 N–H and O–H groups in total. The number of rotatable bonds is 9. The molecule has 0 bridgehead atoms. The summed E-state index contributed by atoms with van der Waals surface area (Å²) in [4.78, 5) is 24.0. The largest absolute Gasteiger partial charge is 0.508 e. The number of carbonyl (C=O) groups excluding carboxylic acids is 1. The molecule has 1 aromatic heterocycles. The average Bonchev–Trinajstić information content (AvgIpc) is 3.44. The zero-order chi connectivity index (χ0) is 26.3. The van der Waals surface area contributed by atoms with Gasteiger partial charge in [0.05, 0.1) is 11.7 Å². The van der Waals surface area contributed by atoms with Crippen LogP contribution in [0, 0.1) is 0 Å². The topological polar surface area (TPSA) is 152 Å². The van der Waals surface area contributed by atoms with Crippen LogP contribution in [-0.2, 0) is 17.8 Å². The Hall–Kier alpha value is -4.29. The third kappa shape index (κ3) is 6.52. The van der Waals surface area contributed by atoms with Gasteiger partial charge in [0.2, 0.25) is 11.9 Å². The summed E-state index contributed by atoms with van der Waals surface area (Å²) in [5, 5.41) is 33.1. The summed E-state index contributed by atoms with van der Waals surface area (Å²) in [5.74, 6) is 0.654. The molecule has 12 nitrogen and oxygen atoms in total. The maximum absolute atomic E-state index is 12.7. The molecule has 5 rings (SSSR count). The Kier molecular flexibility index (Phi) is 7.90. The minimum atomic E-state index is -0.742. The van der Waals surface area contributed by atoms with Gasteiger partial charge in [0.1, 0.15) is 5.75 Å². The Bertz CT molecular complexity index is 1300. The van der Waals surface area contributed by atoms with Gasteiger partial charge >= 0.3 is 0 Å². The number of hydrogen-bond acceptors (Lipinski definition) is 11. The van der Waals surface area contributed by atoms with E-state index in [0.29, 0.717) is 32.1 Å². The predicted molar refractivity (Wildman–Crippen MR) is 141 cm³/mol. The summed E-state index contributed by atoms with van der Waals surface area (Å²) in [5.41, 5.74) is 4.09. The van der Waals surface area contributed by atoms with Gasteiger partial charge in [-0.2, -0.15) is 0 Å². The van der Waals surface area contributed by atoms with Gasteiger partial charge in [0, 0.05) is 44.0 Å². The fraction of sp³-hybridized carbons (Fsp3) is 0.346. The molecule has 2 aliphatic rings. The molecule has 1 amide bonds. The lowest BCUT2D eigenvalue weighted by molar-refractivity contribution is -0.125. The monoisotopic (exact) mass is 514 g/mol. The van der Waals surface area contributed by atoms with Crippen LogP contribution in [0.5, 0.6) is 5.75 Å². The number of hydrogen-bond donors (Lipinski definition) is 4. The standard InChI is InChI=1S/C26H30N10O2/c1-17-14-29-23(24(38)31-26-32-34-35-33-26)16-36(17)15-19-3-2-4-20(13-19)22-10-12-28-25(30-22)27-11-9-18-5-7-21(37)8-6-18/h2-8,10,12-13,17,23,26,29,37H,9,11,14-16H2,1H3,(H,31,38)(H,27,28,30)/t17-,23+/m0/s1. The van der Waals surface area contributed by atoms with E-state index in [2.05, 4.69) is 65.6 Å². The Balaban J connectivity index is 1.20. The van der Waals surface area contributed by atoms with E-state index in [9.17, 15) is 9.90 Å². The first-order chi connectivity index (χ1) is 18.5. The highest BCUT2D eigenvalue weighted by Gasteiger charge is 2.30. The molecule has 2 atom stereocenters. The van der Waals surface area contributed by atoms with Crippen molar-refractivity contribution in [1.29, 1.82) is 0 Å². The van der Waals surface area contributed by atoms with Crippen LogP contribution in [0.4, 0.5) is 5.95 Å². The van der Waals surface area contributed by atoms with E-state index in [-0.39, 0.29) is 23.7 Å². The Labute approximate surface area is 220 Å². The highest BCUT2D eigenvalue weighted by atomic mass is 16.3. The van der Waals surface area contributed by atoms with Crippen molar-refractivity contribution in [2.45, 2.75) is 38.3 Å². The van der Waals surface area contributed by atoms with Gasteiger partial charge in [0.15, 0.2) is 0 Å². The van der Waals surface area contributed by atoms with Crippen LogP contribution in [0.3, 0.4) is 0 Å². The summed E-state index contributed by atoms with van der Waals surface area (Å²) in [7, 11) is 0. The lowest BCUT2D eigenvalue weighted by Gasteiger charge is -2.38. The van der Waals surface area contributed by atoms with Crippen molar-refractivity contribution in [3.05, 3.63) is 71.9 Å². The molecule has 1 fully saturated rings. The number of phenols is 1. The molecule has 2 aromatic carbocycles. The molecule has 2 aliphatic heterocycles. The summed E-state index contributed by atoms with van der Waals surface area (Å²) >= 11 is 0. The zero-order valence-electron chi connectivity index (χ0n) is 21.0. The minimum Gasteiger partial charge on any atom is -0.508 e. The SMILES string of the molecule is C[C@H]1CN[C@@H](C(=O)NC2N=NN=N2)CN1Cc1cccc(-c2ccnc(NCCc3ccc(O)cc3)n2)c1. The number of piperazine rings is 1. The van der Waals surface area contributed by atoms with Crippen LogP contribution < -0.4 is 16.0 Å². The molecule has 0 aliphatic carbocycles. The molecule has 196 valence electrons. The van der Waals surface area contributed by atoms with Crippen molar-refractivity contribution in [3.8, 4) is 17.0 Å². The van der Waals surface area contributed by atoms with Crippen molar-refractivity contribution in [2.75, 3.05) is 25.0 Å². The lowest BCUT2D eigenvalue weighted by atomic mass is 10.0. The zero-order valence-corrected chi connectivity index (χ0v) is 21.0. The first-order valence-corrected chi connectivity index (χ1v) is 12.6. The number of phenolic OH excluding ortho intramolecular Hbond substituents is 1. The molecule has 3 heterocycles. The van der Waals surface area contributed by atoms with Crippen molar-refractivity contribution >= 4 is 11.9 Å². The molecule has 3 aromatic rings. The molecular weight excluding hydrogens is 484 g/mol. The number of carbonyl (C=O) groups is 1. The molecule has 1 saturated heterocycles. The highest BCUT2D eigenvalue weighted by molar-refractivity contribution is 5.82. The molecule has 0 spiro atoms. The summed E-state index contributed by atoms with van der Waals surface area (Å²) in [6.07, 6.45) is 1.80. The van der Waals surface area contributed by atoms with Gasteiger partial charge < -0.3 is 21.1 Å². The van der Waals surface area contributed by atoms with E-state index < -0.39 is 6.29 Å². The fourth-order valence-corrected chi connectivity index (χ4v) is 4.42. The normalized spacial score (nSPS) is 19.5. The van der Waals surface area contributed by atoms with Crippen molar-refractivity contribution in [2.24, 2.45) is 20.7 Å². The molecular formula is C26H30N10O2. The second-order valence-electron chi connectivity index (χ2n) is 9.34. The van der Waals surface area contributed by atoms with Gasteiger partial charge in [-0.1, -0.05) is 30.3 Å². The Morgan fingerprint density at radius 1 is 1.11 bits per heavy atom. The smallest absolute Gasteiger partial charge is 0.258 e. The number of benzene rings is 2. The number of amides is 1. The highest BCUT2D eigenvalue weighted by Crippen LogP contribution is 2.21. The van der Waals surface area contributed by atoms with Crippen LogP contribution in [0.1, 0.15) is 18.1 Å². The summed E-state index contributed by atoms with van der Waals surface area (Å²) in [6.45, 7) is 4.77. The lowest BCUT2D eigenvalue weighted by Crippen LogP contribution is -2.60. The first kappa shape index (κ1) is 25.4. The van der Waals surface area contributed by atoms with Crippen LogP contribution in [0.15, 0.2) is 81.5 Å². The number of anilines is 1. The second kappa shape index (κ2) is 11.8. The van der Waals surface area contributed by atoms with E-state index >= 15 is 0 Å². The van der Waals surface area contributed by atoms with E-state index in [4.69, 9.17) is 4.98 Å². The van der Waals surface area contributed by atoms with E-state index in [0.717, 1.165) is 28.8 Å². The van der Waals surface area contributed by atoms with Gasteiger partial charge in [-0.3, -0.25) is 9.69 Å². The minimum absolute atomic E-state index is 0.174. The quantitative estimate of drug-likeness (QED) is 0.343. The second-order valence-corrected chi connectivity index (χ2v) is 9.34.